The Balaban J connectivity index is 0.000000227. The summed E-state index contributed by atoms with van der Waals surface area (Å²) in [4.78, 5) is 18.9. The third-order valence-corrected chi connectivity index (χ3v) is 4.13. The first-order valence-corrected chi connectivity index (χ1v) is 9.65. The Hall–Kier alpha value is -2.69. The van der Waals surface area contributed by atoms with Gasteiger partial charge in [-0.15, -0.1) is 0 Å². The van der Waals surface area contributed by atoms with Crippen LogP contribution in [0.15, 0.2) is 48.6 Å². The maximum Gasteiger partial charge on any atom is 0.327 e. The van der Waals surface area contributed by atoms with Crippen LogP contribution in [0.4, 0.5) is 11.6 Å². The fourth-order valence-corrected chi connectivity index (χ4v) is 2.58. The maximum atomic E-state index is 9.95. The van der Waals surface area contributed by atoms with Gasteiger partial charge in [0.25, 0.3) is 0 Å². The van der Waals surface area contributed by atoms with Gasteiger partial charge in [-0.25, -0.2) is 14.8 Å². The average Bonchev–Trinajstić information content (AvgIpc) is 3.47. The molecule has 0 aliphatic heterocycles. The van der Waals surface area contributed by atoms with Gasteiger partial charge in [0.1, 0.15) is 0 Å². The predicted molar refractivity (Wildman–Crippen MR) is 109 cm³/mol. The predicted octanol–water partition coefficient (Wildman–Crippen LogP) is 5.61. The number of nitrogens with one attached hydrogen (secondary N) is 1. The second-order valence-electron chi connectivity index (χ2n) is 6.76. The number of benzene rings is 1. The molecule has 0 bridgehead atoms. The Labute approximate surface area is 161 Å². The van der Waals surface area contributed by atoms with Crippen LogP contribution in [0.2, 0.25) is 0 Å². The lowest BCUT2D eigenvalue weighted by atomic mass is 10.2. The normalized spacial score (nSPS) is 13.1. The minimum atomic E-state index is -0.850. The standard InChI is InChI=1S/C14H15N3.C8H14O2/c1-10-9-13(11-7-8-11)17-14(15-10)16-12-5-3-2-4-6-12;1-2-3-4-5-6-7-8(9)10/h2-6,9,11H,7-8H2,1H3,(H,15,16,17);6-7H,2-5H2,1H3,(H,9,10)/b;7-6+. The smallest absolute Gasteiger partial charge is 0.327 e. The van der Waals surface area contributed by atoms with Crippen molar-refractivity contribution in [2.45, 2.75) is 58.3 Å². The van der Waals surface area contributed by atoms with E-state index < -0.39 is 5.97 Å². The van der Waals surface area contributed by atoms with Crippen molar-refractivity contribution in [1.82, 2.24) is 9.97 Å². The van der Waals surface area contributed by atoms with E-state index >= 15 is 0 Å². The first-order valence-electron chi connectivity index (χ1n) is 9.65. The first-order chi connectivity index (χ1) is 13.1. The molecule has 1 aromatic carbocycles. The second-order valence-corrected chi connectivity index (χ2v) is 6.76. The van der Waals surface area contributed by atoms with Gasteiger partial charge < -0.3 is 10.4 Å². The number of hydrogen-bond donors (Lipinski definition) is 2. The molecule has 0 amide bonds. The van der Waals surface area contributed by atoms with E-state index in [1.165, 1.54) is 37.5 Å². The minimum Gasteiger partial charge on any atom is -0.478 e. The van der Waals surface area contributed by atoms with Crippen LogP contribution in [-0.4, -0.2) is 21.0 Å². The van der Waals surface area contributed by atoms with E-state index in [1.54, 1.807) is 6.08 Å². The quantitative estimate of drug-likeness (QED) is 0.468. The van der Waals surface area contributed by atoms with Crippen LogP contribution in [0.1, 0.15) is 62.8 Å². The Morgan fingerprint density at radius 3 is 2.59 bits per heavy atom. The van der Waals surface area contributed by atoms with Gasteiger partial charge in [-0.05, 0) is 50.8 Å². The number of unbranched alkanes of at least 4 members (excludes halogenated alkanes) is 3. The molecule has 1 aliphatic carbocycles. The van der Waals surface area contributed by atoms with Crippen molar-refractivity contribution in [1.29, 1.82) is 0 Å². The van der Waals surface area contributed by atoms with E-state index in [0.29, 0.717) is 11.9 Å². The van der Waals surface area contributed by atoms with Gasteiger partial charge in [0.15, 0.2) is 0 Å². The van der Waals surface area contributed by atoms with Crippen LogP contribution >= 0.6 is 0 Å². The van der Waals surface area contributed by atoms with Crippen molar-refractivity contribution < 1.29 is 9.90 Å². The summed E-state index contributed by atoms with van der Waals surface area (Å²) in [5, 5.41) is 11.4. The Morgan fingerprint density at radius 1 is 1.22 bits per heavy atom. The number of hydrogen-bond acceptors (Lipinski definition) is 4. The molecule has 2 aromatic rings. The fourth-order valence-electron chi connectivity index (χ4n) is 2.58. The van der Waals surface area contributed by atoms with Crippen molar-refractivity contribution in [3.05, 3.63) is 59.9 Å². The molecule has 1 aromatic heterocycles. The molecule has 0 unspecified atom stereocenters. The number of aromatic nitrogens is 2. The summed E-state index contributed by atoms with van der Waals surface area (Å²) in [5.74, 6) is 0.516. The molecule has 0 spiro atoms. The van der Waals surface area contributed by atoms with Gasteiger partial charge in [0.2, 0.25) is 5.95 Å². The first kappa shape index (κ1) is 20.6. The van der Waals surface area contributed by atoms with Crippen molar-refractivity contribution in [2.75, 3.05) is 5.32 Å². The Kier molecular flexibility index (Phi) is 8.49. The van der Waals surface area contributed by atoms with Gasteiger partial charge in [0.05, 0.1) is 0 Å². The van der Waals surface area contributed by atoms with E-state index in [2.05, 4.69) is 28.3 Å². The highest BCUT2D eigenvalue weighted by molar-refractivity contribution is 5.79. The lowest BCUT2D eigenvalue weighted by Crippen LogP contribution is -2.01. The number of allylic oxidation sites excluding steroid dienone is 1. The lowest BCUT2D eigenvalue weighted by Gasteiger charge is -2.07. The van der Waals surface area contributed by atoms with Crippen molar-refractivity contribution in [2.24, 2.45) is 0 Å². The number of nitrogens with zero attached hydrogens (tertiary/aromatic N) is 2. The van der Waals surface area contributed by atoms with E-state index in [0.717, 1.165) is 24.2 Å². The average molecular weight is 367 g/mol. The minimum absolute atomic E-state index is 0.660. The number of anilines is 2. The van der Waals surface area contributed by atoms with Gasteiger partial charge in [-0.1, -0.05) is 44.0 Å². The van der Waals surface area contributed by atoms with Crippen LogP contribution in [0.25, 0.3) is 0 Å². The molecule has 5 heteroatoms. The molecule has 5 nitrogen and oxygen atoms in total. The summed E-state index contributed by atoms with van der Waals surface area (Å²) in [6.45, 7) is 4.14. The lowest BCUT2D eigenvalue weighted by molar-refractivity contribution is -0.131. The monoisotopic (exact) mass is 367 g/mol. The third-order valence-electron chi connectivity index (χ3n) is 4.13. The van der Waals surface area contributed by atoms with Crippen LogP contribution in [0, 0.1) is 6.92 Å². The number of aliphatic carboxylic acids is 1. The van der Waals surface area contributed by atoms with Crippen LogP contribution in [0.5, 0.6) is 0 Å². The number of para-hydroxylation sites is 1. The number of aryl methyl sites for hydroxylation is 1. The summed E-state index contributed by atoms with van der Waals surface area (Å²) in [5.41, 5.74) is 3.23. The third kappa shape index (κ3) is 8.49. The highest BCUT2D eigenvalue weighted by atomic mass is 16.4. The van der Waals surface area contributed by atoms with Crippen molar-refractivity contribution in [3.63, 3.8) is 0 Å². The molecule has 1 fully saturated rings. The number of carbonyl (C=O) groups is 1. The Morgan fingerprint density at radius 2 is 1.96 bits per heavy atom. The van der Waals surface area contributed by atoms with Gasteiger partial charge in [-0.2, -0.15) is 0 Å². The van der Waals surface area contributed by atoms with E-state index in [-0.39, 0.29) is 0 Å². The highest BCUT2D eigenvalue weighted by Gasteiger charge is 2.25. The van der Waals surface area contributed by atoms with Crippen LogP contribution < -0.4 is 5.32 Å². The number of carboxylic acids is 1. The maximum absolute atomic E-state index is 9.95. The highest BCUT2D eigenvalue weighted by Crippen LogP contribution is 2.39. The van der Waals surface area contributed by atoms with E-state index in [9.17, 15) is 4.79 Å². The fraction of sp³-hybridized carbons (Fsp3) is 0.409. The van der Waals surface area contributed by atoms with Gasteiger partial charge in [0, 0.05) is 29.1 Å². The van der Waals surface area contributed by atoms with Gasteiger partial charge in [-0.3, -0.25) is 0 Å². The summed E-state index contributed by atoms with van der Waals surface area (Å²) in [6.07, 6.45) is 9.79. The van der Waals surface area contributed by atoms with E-state index in [4.69, 9.17) is 5.11 Å². The number of rotatable bonds is 8. The molecule has 2 N–H and O–H groups in total. The Bertz CT molecular complexity index is 740. The van der Waals surface area contributed by atoms with Gasteiger partial charge >= 0.3 is 5.97 Å². The van der Waals surface area contributed by atoms with E-state index in [1.807, 2.05) is 37.3 Å². The molecule has 0 saturated heterocycles. The number of carboxylic acid groups (broad SMARTS) is 1. The largest absolute Gasteiger partial charge is 0.478 e. The topological polar surface area (TPSA) is 75.1 Å². The molecule has 1 aliphatic rings. The molecule has 3 rings (SSSR count). The molecule has 0 radical (unpaired) electrons. The molecular formula is C22H29N3O2. The van der Waals surface area contributed by atoms with Crippen LogP contribution in [-0.2, 0) is 4.79 Å². The SMILES string of the molecule is CCCCC/C=C/C(=O)O.Cc1cc(C2CC2)nc(Nc2ccccc2)n1. The second kappa shape index (κ2) is 11.1. The zero-order chi connectivity index (χ0) is 19.5. The van der Waals surface area contributed by atoms with Crippen molar-refractivity contribution >= 4 is 17.6 Å². The van der Waals surface area contributed by atoms with Crippen molar-refractivity contribution in [3.8, 4) is 0 Å². The molecule has 1 saturated carbocycles. The molecule has 144 valence electrons. The molecule has 0 atom stereocenters. The van der Waals surface area contributed by atoms with Crippen LogP contribution in [0.3, 0.4) is 0 Å². The summed E-state index contributed by atoms with van der Waals surface area (Å²) in [7, 11) is 0. The molecular weight excluding hydrogens is 338 g/mol. The summed E-state index contributed by atoms with van der Waals surface area (Å²) >= 11 is 0. The zero-order valence-electron chi connectivity index (χ0n) is 16.2. The molecule has 27 heavy (non-hydrogen) atoms. The summed E-state index contributed by atoms with van der Waals surface area (Å²) in [6, 6.07) is 12.1. The molecule has 1 heterocycles. The zero-order valence-corrected chi connectivity index (χ0v) is 16.2. The summed E-state index contributed by atoms with van der Waals surface area (Å²) < 4.78 is 0.